The van der Waals surface area contributed by atoms with Crippen LogP contribution in [0.15, 0.2) is 45.8 Å². The number of methoxy groups -OCH3 is 2. The maximum absolute atomic E-state index is 5.78. The normalized spacial score (nSPS) is 10.3. The average molecular weight is 354 g/mol. The van der Waals surface area contributed by atoms with Gasteiger partial charge in [0.15, 0.2) is 0 Å². The molecule has 0 radical (unpaired) electrons. The lowest BCUT2D eigenvalue weighted by atomic mass is 10.2. The Bertz CT molecular complexity index is 604. The lowest BCUT2D eigenvalue weighted by Gasteiger charge is -2.12. The van der Waals surface area contributed by atoms with Gasteiger partial charge in [-0.25, -0.2) is 0 Å². The van der Waals surface area contributed by atoms with Crippen molar-refractivity contribution in [3.05, 3.63) is 46.4 Å². The third-order valence-corrected chi connectivity index (χ3v) is 4.47. The second kappa shape index (κ2) is 6.90. The molecule has 3 nitrogen and oxygen atoms in total. The summed E-state index contributed by atoms with van der Waals surface area (Å²) in [5.41, 5.74) is 7.64. The van der Waals surface area contributed by atoms with Gasteiger partial charge in [-0.3, -0.25) is 0 Å². The van der Waals surface area contributed by atoms with E-state index in [4.69, 9.17) is 15.2 Å². The van der Waals surface area contributed by atoms with Crippen molar-refractivity contribution in [1.82, 2.24) is 0 Å². The van der Waals surface area contributed by atoms with Crippen LogP contribution in [0.2, 0.25) is 0 Å². The molecule has 0 aliphatic rings. The number of ether oxygens (including phenoxy) is 2. The molecule has 0 aliphatic carbocycles. The zero-order valence-electron chi connectivity index (χ0n) is 11.4. The van der Waals surface area contributed by atoms with Crippen molar-refractivity contribution >= 4 is 33.4 Å². The van der Waals surface area contributed by atoms with E-state index in [1.165, 1.54) is 0 Å². The van der Waals surface area contributed by atoms with Crippen LogP contribution in [0, 0.1) is 0 Å². The van der Waals surface area contributed by atoms with Gasteiger partial charge in [0, 0.05) is 21.9 Å². The summed E-state index contributed by atoms with van der Waals surface area (Å²) in [6.07, 6.45) is 0. The molecule has 5 heteroatoms. The van der Waals surface area contributed by atoms with Crippen molar-refractivity contribution < 1.29 is 9.47 Å². The number of thioether (sulfide) groups is 1. The number of benzene rings is 2. The van der Waals surface area contributed by atoms with Crippen LogP contribution >= 0.6 is 27.7 Å². The number of anilines is 1. The first-order chi connectivity index (χ1) is 9.63. The standard InChI is InChI=1S/C15H16BrNO2S/c1-18-14-8-13(16)15(19-2)6-10(14)9-20-12-5-3-4-11(17)7-12/h3-8H,9,17H2,1-2H3. The molecule has 0 amide bonds. The Morgan fingerprint density at radius 1 is 1.10 bits per heavy atom. The number of rotatable bonds is 5. The maximum atomic E-state index is 5.78. The van der Waals surface area contributed by atoms with Crippen LogP contribution < -0.4 is 15.2 Å². The van der Waals surface area contributed by atoms with Crippen molar-refractivity contribution in [3.63, 3.8) is 0 Å². The quantitative estimate of drug-likeness (QED) is 0.641. The van der Waals surface area contributed by atoms with E-state index in [0.29, 0.717) is 0 Å². The summed E-state index contributed by atoms with van der Waals surface area (Å²) < 4.78 is 11.6. The van der Waals surface area contributed by atoms with Gasteiger partial charge in [0.05, 0.1) is 18.7 Å². The van der Waals surface area contributed by atoms with E-state index in [-0.39, 0.29) is 0 Å². The fourth-order valence-electron chi connectivity index (χ4n) is 1.80. The van der Waals surface area contributed by atoms with E-state index < -0.39 is 0 Å². The summed E-state index contributed by atoms with van der Waals surface area (Å²) >= 11 is 5.17. The summed E-state index contributed by atoms with van der Waals surface area (Å²) in [7, 11) is 3.32. The van der Waals surface area contributed by atoms with Gasteiger partial charge >= 0.3 is 0 Å². The van der Waals surface area contributed by atoms with Gasteiger partial charge in [0.2, 0.25) is 0 Å². The van der Waals surface area contributed by atoms with Crippen LogP contribution in [0.3, 0.4) is 0 Å². The molecule has 2 rings (SSSR count). The largest absolute Gasteiger partial charge is 0.496 e. The zero-order chi connectivity index (χ0) is 14.5. The molecule has 2 aromatic carbocycles. The minimum absolute atomic E-state index is 0.773. The average Bonchev–Trinajstić information content (AvgIpc) is 2.45. The molecule has 0 aromatic heterocycles. The third-order valence-electron chi connectivity index (χ3n) is 2.81. The Morgan fingerprint density at radius 3 is 2.50 bits per heavy atom. The van der Waals surface area contributed by atoms with Crippen molar-refractivity contribution in [2.75, 3.05) is 20.0 Å². The molecule has 0 fully saturated rings. The number of hydrogen-bond donors (Lipinski definition) is 1. The van der Waals surface area contributed by atoms with E-state index >= 15 is 0 Å². The monoisotopic (exact) mass is 353 g/mol. The van der Waals surface area contributed by atoms with Crippen LogP contribution in [-0.4, -0.2) is 14.2 Å². The highest BCUT2D eigenvalue weighted by Gasteiger charge is 2.10. The van der Waals surface area contributed by atoms with Crippen LogP contribution in [-0.2, 0) is 5.75 Å². The first-order valence-electron chi connectivity index (χ1n) is 6.02. The van der Waals surface area contributed by atoms with Gasteiger partial charge < -0.3 is 15.2 Å². The topological polar surface area (TPSA) is 44.5 Å². The Kier molecular flexibility index (Phi) is 5.20. The predicted molar refractivity (Wildman–Crippen MR) is 87.7 cm³/mol. The molecule has 2 N–H and O–H groups in total. The van der Waals surface area contributed by atoms with Crippen LogP contribution in [0.1, 0.15) is 5.56 Å². The number of hydrogen-bond acceptors (Lipinski definition) is 4. The minimum Gasteiger partial charge on any atom is -0.496 e. The number of nitrogens with two attached hydrogens (primary N) is 1. The van der Waals surface area contributed by atoms with Crippen molar-refractivity contribution in [2.45, 2.75) is 10.6 Å². The SMILES string of the molecule is COc1cc(CSc2cccc(N)c2)c(OC)cc1Br. The lowest BCUT2D eigenvalue weighted by Crippen LogP contribution is -1.94. The predicted octanol–water partition coefficient (Wildman–Crippen LogP) is 4.34. The highest BCUT2D eigenvalue weighted by Crippen LogP contribution is 2.36. The van der Waals surface area contributed by atoms with Gasteiger partial charge in [-0.1, -0.05) is 6.07 Å². The molecule has 0 bridgehead atoms. The van der Waals surface area contributed by atoms with E-state index in [1.807, 2.05) is 36.4 Å². The molecule has 0 heterocycles. The summed E-state index contributed by atoms with van der Waals surface area (Å²) in [4.78, 5) is 1.13. The number of halogens is 1. The van der Waals surface area contributed by atoms with Gasteiger partial charge in [-0.2, -0.15) is 0 Å². The summed E-state index contributed by atoms with van der Waals surface area (Å²) in [5.74, 6) is 2.43. The molecule has 0 saturated carbocycles. The summed E-state index contributed by atoms with van der Waals surface area (Å²) in [6, 6.07) is 11.8. The van der Waals surface area contributed by atoms with Gasteiger partial charge in [0.1, 0.15) is 11.5 Å². The van der Waals surface area contributed by atoms with Crippen molar-refractivity contribution in [3.8, 4) is 11.5 Å². The lowest BCUT2D eigenvalue weighted by molar-refractivity contribution is 0.398. The third kappa shape index (κ3) is 3.61. The first-order valence-corrected chi connectivity index (χ1v) is 7.80. The molecule has 0 spiro atoms. The second-order valence-corrected chi connectivity index (χ2v) is 6.06. The highest BCUT2D eigenvalue weighted by atomic mass is 79.9. The number of nitrogen functional groups attached to an aromatic ring is 1. The van der Waals surface area contributed by atoms with Gasteiger partial charge in [-0.15, -0.1) is 11.8 Å². The minimum atomic E-state index is 0.773. The molecule has 2 aromatic rings. The van der Waals surface area contributed by atoms with Gasteiger partial charge in [0.25, 0.3) is 0 Å². The second-order valence-electron chi connectivity index (χ2n) is 4.16. The molecule has 0 aliphatic heterocycles. The Hall–Kier alpha value is -1.33. The zero-order valence-corrected chi connectivity index (χ0v) is 13.8. The smallest absolute Gasteiger partial charge is 0.133 e. The molecular formula is C15H16BrNO2S. The van der Waals surface area contributed by atoms with E-state index in [9.17, 15) is 0 Å². The Labute approximate surface area is 131 Å². The van der Waals surface area contributed by atoms with Crippen LogP contribution in [0.4, 0.5) is 5.69 Å². The maximum Gasteiger partial charge on any atom is 0.133 e. The molecule has 0 saturated heterocycles. The Balaban J connectivity index is 2.20. The van der Waals surface area contributed by atoms with E-state index in [2.05, 4.69) is 15.9 Å². The van der Waals surface area contributed by atoms with E-state index in [1.54, 1.807) is 26.0 Å². The van der Waals surface area contributed by atoms with Crippen molar-refractivity contribution in [2.24, 2.45) is 0 Å². The molecular weight excluding hydrogens is 338 g/mol. The van der Waals surface area contributed by atoms with Crippen LogP contribution in [0.25, 0.3) is 0 Å². The molecule has 0 atom stereocenters. The first kappa shape index (κ1) is 15.1. The fourth-order valence-corrected chi connectivity index (χ4v) is 3.23. The Morgan fingerprint density at radius 2 is 1.85 bits per heavy atom. The van der Waals surface area contributed by atoms with E-state index in [0.717, 1.165) is 37.9 Å². The molecule has 20 heavy (non-hydrogen) atoms. The summed E-state index contributed by atoms with van der Waals surface area (Å²) in [5, 5.41) is 0. The molecule has 0 unspecified atom stereocenters. The van der Waals surface area contributed by atoms with Crippen LogP contribution in [0.5, 0.6) is 11.5 Å². The van der Waals surface area contributed by atoms with Crippen molar-refractivity contribution in [1.29, 1.82) is 0 Å². The van der Waals surface area contributed by atoms with Gasteiger partial charge in [-0.05, 0) is 46.3 Å². The fraction of sp³-hybridized carbons (Fsp3) is 0.200. The highest BCUT2D eigenvalue weighted by molar-refractivity contribution is 9.10. The molecule has 106 valence electrons. The summed E-state index contributed by atoms with van der Waals surface area (Å²) in [6.45, 7) is 0.